The van der Waals surface area contributed by atoms with Crippen LogP contribution in [-0.4, -0.2) is 19.1 Å². The molecule has 3 rings (SSSR count). The van der Waals surface area contributed by atoms with Crippen molar-refractivity contribution in [2.75, 3.05) is 7.11 Å². The smallest absolute Gasteiger partial charge is 0.261 e. The van der Waals surface area contributed by atoms with Gasteiger partial charge >= 0.3 is 0 Å². The fraction of sp³-hybridized carbons (Fsp3) is 0.235. The zero-order chi connectivity index (χ0) is 15.5. The number of halogens is 1. The van der Waals surface area contributed by atoms with Gasteiger partial charge in [-0.2, -0.15) is 0 Å². The molecule has 22 heavy (non-hydrogen) atoms. The lowest BCUT2D eigenvalue weighted by Gasteiger charge is -2.13. The lowest BCUT2D eigenvalue weighted by atomic mass is 10.1. The van der Waals surface area contributed by atoms with Gasteiger partial charge in [-0.25, -0.2) is 0 Å². The Labute approximate surface area is 134 Å². The molecule has 2 aromatic carbocycles. The highest BCUT2D eigenvalue weighted by atomic mass is 35.5. The van der Waals surface area contributed by atoms with E-state index >= 15 is 0 Å². The average molecular weight is 318 g/mol. The Balaban J connectivity index is 1.62. The van der Waals surface area contributed by atoms with E-state index in [0.717, 1.165) is 22.6 Å². The summed E-state index contributed by atoms with van der Waals surface area (Å²) >= 11 is 5.96. The Hall–Kier alpha value is -2.20. The minimum atomic E-state index is -0.511. The summed E-state index contributed by atoms with van der Waals surface area (Å²) in [5, 5.41) is 3.54. The van der Waals surface area contributed by atoms with Gasteiger partial charge in [-0.05, 0) is 29.8 Å². The molecule has 0 aliphatic carbocycles. The molecule has 0 spiro atoms. The summed E-state index contributed by atoms with van der Waals surface area (Å²) in [4.78, 5) is 12.3. The highest BCUT2D eigenvalue weighted by molar-refractivity contribution is 6.30. The second kappa shape index (κ2) is 6.28. The zero-order valence-corrected chi connectivity index (χ0v) is 12.9. The summed E-state index contributed by atoms with van der Waals surface area (Å²) in [7, 11) is 1.61. The molecule has 1 heterocycles. The van der Waals surface area contributed by atoms with Gasteiger partial charge in [-0.15, -0.1) is 0 Å². The largest absolute Gasteiger partial charge is 0.496 e. The van der Waals surface area contributed by atoms with Gasteiger partial charge < -0.3 is 14.8 Å². The molecule has 4 nitrogen and oxygen atoms in total. The number of methoxy groups -OCH3 is 1. The number of para-hydroxylation sites is 1. The molecule has 0 bridgehead atoms. The van der Waals surface area contributed by atoms with Crippen LogP contribution in [0.15, 0.2) is 42.5 Å². The molecule has 0 saturated heterocycles. The Bertz CT molecular complexity index is 702. The molecule has 1 aliphatic rings. The van der Waals surface area contributed by atoms with Crippen LogP contribution in [0.5, 0.6) is 11.5 Å². The maximum absolute atomic E-state index is 12.3. The van der Waals surface area contributed by atoms with E-state index in [0.29, 0.717) is 18.0 Å². The summed E-state index contributed by atoms with van der Waals surface area (Å²) in [6, 6.07) is 13.0. The van der Waals surface area contributed by atoms with E-state index in [1.165, 1.54) is 0 Å². The van der Waals surface area contributed by atoms with Crippen LogP contribution in [0.25, 0.3) is 0 Å². The second-order valence-corrected chi connectivity index (χ2v) is 5.53. The van der Waals surface area contributed by atoms with Crippen LogP contribution in [0.1, 0.15) is 11.1 Å². The first-order valence-electron chi connectivity index (χ1n) is 7.02. The SMILES string of the molecule is COc1ccccc1CNC(=O)[C@H]1Cc2cc(Cl)ccc2O1. The maximum atomic E-state index is 12.3. The van der Waals surface area contributed by atoms with Crippen LogP contribution in [0, 0.1) is 0 Å². The van der Waals surface area contributed by atoms with Crippen LogP contribution in [0.2, 0.25) is 5.02 Å². The van der Waals surface area contributed by atoms with Crippen molar-refractivity contribution in [3.63, 3.8) is 0 Å². The highest BCUT2D eigenvalue weighted by Gasteiger charge is 2.29. The van der Waals surface area contributed by atoms with Crippen molar-refractivity contribution in [3.8, 4) is 11.5 Å². The van der Waals surface area contributed by atoms with E-state index < -0.39 is 6.10 Å². The number of fused-ring (bicyclic) bond motifs is 1. The number of rotatable bonds is 4. The topological polar surface area (TPSA) is 47.6 Å². The number of ether oxygens (including phenoxy) is 2. The Kier molecular flexibility index (Phi) is 4.20. The number of carbonyl (C=O) groups is 1. The Morgan fingerprint density at radius 2 is 2.18 bits per heavy atom. The van der Waals surface area contributed by atoms with E-state index in [4.69, 9.17) is 21.1 Å². The molecule has 0 fully saturated rings. The molecule has 1 amide bonds. The number of hydrogen-bond donors (Lipinski definition) is 1. The van der Waals surface area contributed by atoms with Gasteiger partial charge in [0, 0.05) is 23.6 Å². The molecule has 1 atom stereocenters. The zero-order valence-electron chi connectivity index (χ0n) is 12.1. The lowest BCUT2D eigenvalue weighted by Crippen LogP contribution is -2.37. The minimum absolute atomic E-state index is 0.141. The van der Waals surface area contributed by atoms with Gasteiger partial charge in [0.05, 0.1) is 7.11 Å². The van der Waals surface area contributed by atoms with Gasteiger partial charge in [0.1, 0.15) is 11.5 Å². The molecule has 5 heteroatoms. The van der Waals surface area contributed by atoms with Crippen molar-refractivity contribution in [1.29, 1.82) is 0 Å². The molecule has 114 valence electrons. The minimum Gasteiger partial charge on any atom is -0.496 e. The molecule has 0 unspecified atom stereocenters. The maximum Gasteiger partial charge on any atom is 0.261 e. The number of nitrogens with one attached hydrogen (secondary N) is 1. The molecular formula is C17H16ClNO3. The molecule has 2 aromatic rings. The first-order valence-corrected chi connectivity index (χ1v) is 7.40. The van der Waals surface area contributed by atoms with Crippen LogP contribution in [-0.2, 0) is 17.8 Å². The van der Waals surface area contributed by atoms with Crippen LogP contribution < -0.4 is 14.8 Å². The van der Waals surface area contributed by atoms with E-state index in [2.05, 4.69) is 5.32 Å². The molecular weight excluding hydrogens is 302 g/mol. The average Bonchev–Trinajstić information content (AvgIpc) is 2.96. The van der Waals surface area contributed by atoms with E-state index in [9.17, 15) is 4.79 Å². The summed E-state index contributed by atoms with van der Waals surface area (Å²) in [5.41, 5.74) is 1.89. The molecule has 1 N–H and O–H groups in total. The van der Waals surface area contributed by atoms with E-state index in [1.807, 2.05) is 30.3 Å². The monoisotopic (exact) mass is 317 g/mol. The van der Waals surface area contributed by atoms with Crippen molar-refractivity contribution in [1.82, 2.24) is 5.32 Å². The summed E-state index contributed by atoms with van der Waals surface area (Å²) < 4.78 is 10.9. The fourth-order valence-electron chi connectivity index (χ4n) is 2.51. The standard InChI is InChI=1S/C17H16ClNO3/c1-21-14-5-3-2-4-11(14)10-19-17(20)16-9-12-8-13(18)6-7-15(12)22-16/h2-8,16H,9-10H2,1H3,(H,19,20)/t16-/m1/s1. The quantitative estimate of drug-likeness (QED) is 0.943. The van der Waals surface area contributed by atoms with Gasteiger partial charge in [0.25, 0.3) is 5.91 Å². The molecule has 0 saturated carbocycles. The predicted octanol–water partition coefficient (Wildman–Crippen LogP) is 2.97. The third-order valence-electron chi connectivity index (χ3n) is 3.64. The third kappa shape index (κ3) is 3.02. The van der Waals surface area contributed by atoms with Crippen LogP contribution in [0.3, 0.4) is 0 Å². The van der Waals surface area contributed by atoms with Crippen molar-refractivity contribution >= 4 is 17.5 Å². The normalized spacial score (nSPS) is 15.8. The second-order valence-electron chi connectivity index (χ2n) is 5.09. The van der Waals surface area contributed by atoms with Gasteiger partial charge in [0.15, 0.2) is 6.10 Å². The van der Waals surface area contributed by atoms with Crippen molar-refractivity contribution in [3.05, 3.63) is 58.6 Å². The summed E-state index contributed by atoms with van der Waals surface area (Å²) in [5.74, 6) is 1.34. The van der Waals surface area contributed by atoms with Crippen molar-refractivity contribution in [2.24, 2.45) is 0 Å². The van der Waals surface area contributed by atoms with Crippen molar-refractivity contribution < 1.29 is 14.3 Å². The third-order valence-corrected chi connectivity index (χ3v) is 3.87. The fourth-order valence-corrected chi connectivity index (χ4v) is 2.70. The first kappa shape index (κ1) is 14.7. The number of amides is 1. The van der Waals surface area contributed by atoms with Gasteiger partial charge in [0.2, 0.25) is 0 Å². The van der Waals surface area contributed by atoms with Crippen LogP contribution in [0.4, 0.5) is 0 Å². The first-order chi connectivity index (χ1) is 10.7. The lowest BCUT2D eigenvalue weighted by molar-refractivity contribution is -0.127. The van der Waals surface area contributed by atoms with Crippen LogP contribution >= 0.6 is 11.6 Å². The summed E-state index contributed by atoms with van der Waals surface area (Å²) in [6.07, 6.45) is 0.0244. The van der Waals surface area contributed by atoms with Gasteiger partial charge in [-0.3, -0.25) is 4.79 Å². The number of hydrogen-bond acceptors (Lipinski definition) is 3. The number of benzene rings is 2. The van der Waals surface area contributed by atoms with Crippen molar-refractivity contribution in [2.45, 2.75) is 19.1 Å². The molecule has 0 radical (unpaired) electrons. The Morgan fingerprint density at radius 3 is 3.00 bits per heavy atom. The summed E-state index contributed by atoms with van der Waals surface area (Å²) in [6.45, 7) is 0.403. The molecule has 0 aromatic heterocycles. The number of carbonyl (C=O) groups excluding carboxylic acids is 1. The highest BCUT2D eigenvalue weighted by Crippen LogP contribution is 2.31. The predicted molar refractivity (Wildman–Crippen MR) is 84.4 cm³/mol. The molecule has 1 aliphatic heterocycles. The van der Waals surface area contributed by atoms with E-state index in [1.54, 1.807) is 19.2 Å². The van der Waals surface area contributed by atoms with Gasteiger partial charge in [-0.1, -0.05) is 29.8 Å². The van der Waals surface area contributed by atoms with E-state index in [-0.39, 0.29) is 5.91 Å². The Morgan fingerprint density at radius 1 is 1.36 bits per heavy atom.